The van der Waals surface area contributed by atoms with Crippen LogP contribution in [-0.4, -0.2) is 72.7 Å². The van der Waals surface area contributed by atoms with E-state index in [4.69, 9.17) is 0 Å². The number of fused-ring (bicyclic) bond motifs is 1. The molecule has 0 atom stereocenters. The molecule has 0 spiro atoms. The van der Waals surface area contributed by atoms with E-state index in [9.17, 15) is 9.90 Å². The second-order valence-electron chi connectivity index (χ2n) is 4.71. The molecule has 0 unspecified atom stereocenters. The number of carboxylic acids is 1. The van der Waals surface area contributed by atoms with Gasteiger partial charge in [0.15, 0.2) is 5.16 Å². The number of aryl methyl sites for hydroxylation is 1. The van der Waals surface area contributed by atoms with Gasteiger partial charge in [-0.2, -0.15) is 0 Å². The number of aromatic nitrogens is 2. The average molecular weight is 336 g/mol. The van der Waals surface area contributed by atoms with Crippen molar-refractivity contribution in [1.82, 2.24) is 9.55 Å². The zero-order valence-electron chi connectivity index (χ0n) is 12.4. The maximum Gasteiger partial charge on any atom is 0.174 e. The van der Waals surface area contributed by atoms with Crippen LogP contribution in [0.3, 0.4) is 0 Å². The van der Waals surface area contributed by atoms with Gasteiger partial charge in [-0.1, -0.05) is 41.6 Å². The number of thioether (sulfide) groups is 1. The van der Waals surface area contributed by atoms with Crippen LogP contribution >= 0.6 is 11.8 Å². The predicted octanol–water partition coefficient (Wildman–Crippen LogP) is 1.80. The molecule has 0 aliphatic heterocycles. The number of nitrogens with zero attached hydrogens (tertiary/aromatic N) is 2. The summed E-state index contributed by atoms with van der Waals surface area (Å²) in [7, 11) is 0. The molecule has 107 valence electrons. The number of carbonyl (C=O) groups is 1. The standard InChI is InChI=1S/C16H14N2O2S.K/c1-11-6-8-12(9-7-11)18-14-5-3-2-4-13(14)17-16(18)21-10-15(19)20;/h2-9H,10H2,1H3,(H,19,20);/p-1. The van der Waals surface area contributed by atoms with Gasteiger partial charge in [0.05, 0.1) is 17.0 Å². The van der Waals surface area contributed by atoms with Crippen molar-refractivity contribution in [2.24, 2.45) is 0 Å². The molecular weight excluding hydrogens is 323 g/mol. The Morgan fingerprint density at radius 1 is 1.18 bits per heavy atom. The van der Waals surface area contributed by atoms with Crippen molar-refractivity contribution in [3.63, 3.8) is 0 Å². The summed E-state index contributed by atoms with van der Waals surface area (Å²) >= 11 is 1.17. The third-order valence-corrected chi connectivity index (χ3v) is 4.05. The molecule has 1 radical (unpaired) electrons. The molecular formula is C16H13KN2O2S-. The van der Waals surface area contributed by atoms with E-state index in [1.807, 2.05) is 60.0 Å². The first-order valence-corrected chi connectivity index (χ1v) is 7.51. The zero-order chi connectivity index (χ0) is 14.8. The van der Waals surface area contributed by atoms with E-state index in [2.05, 4.69) is 4.98 Å². The van der Waals surface area contributed by atoms with Crippen LogP contribution in [0, 0.1) is 6.92 Å². The van der Waals surface area contributed by atoms with Crippen LogP contribution in [0.5, 0.6) is 0 Å². The number of rotatable bonds is 4. The van der Waals surface area contributed by atoms with Crippen LogP contribution in [-0.2, 0) is 4.79 Å². The van der Waals surface area contributed by atoms with Gasteiger partial charge in [-0.3, -0.25) is 4.57 Å². The van der Waals surface area contributed by atoms with Crippen molar-refractivity contribution in [2.75, 3.05) is 5.75 Å². The molecule has 22 heavy (non-hydrogen) atoms. The van der Waals surface area contributed by atoms with Crippen LogP contribution in [0.4, 0.5) is 0 Å². The normalized spacial score (nSPS) is 10.4. The van der Waals surface area contributed by atoms with Crippen LogP contribution in [0.2, 0.25) is 0 Å². The monoisotopic (exact) mass is 336 g/mol. The fourth-order valence-corrected chi connectivity index (χ4v) is 2.91. The number of imidazole rings is 1. The van der Waals surface area contributed by atoms with Gasteiger partial charge in [0, 0.05) is 62.8 Å². The first kappa shape index (κ1) is 17.7. The number of benzene rings is 2. The predicted molar refractivity (Wildman–Crippen MR) is 87.3 cm³/mol. The van der Waals surface area contributed by atoms with Crippen molar-refractivity contribution in [3.8, 4) is 5.69 Å². The topological polar surface area (TPSA) is 58.0 Å². The van der Waals surface area contributed by atoms with E-state index in [-0.39, 0.29) is 57.1 Å². The summed E-state index contributed by atoms with van der Waals surface area (Å²) in [6, 6.07) is 15.8. The third kappa shape index (κ3) is 3.82. The van der Waals surface area contributed by atoms with E-state index in [0.29, 0.717) is 5.16 Å². The molecule has 3 rings (SSSR count). The SMILES string of the molecule is Cc1ccc(-n2c(SCC(=O)[O-])nc3ccccc32)cc1.[K]. The van der Waals surface area contributed by atoms with E-state index in [1.165, 1.54) is 17.3 Å². The van der Waals surface area contributed by atoms with Gasteiger partial charge in [0.2, 0.25) is 0 Å². The van der Waals surface area contributed by atoms with Crippen molar-refractivity contribution in [3.05, 3.63) is 54.1 Å². The van der Waals surface area contributed by atoms with E-state index >= 15 is 0 Å². The van der Waals surface area contributed by atoms with E-state index < -0.39 is 5.97 Å². The third-order valence-electron chi connectivity index (χ3n) is 3.14. The molecule has 1 heterocycles. The Hall–Kier alpha value is -0.634. The minimum absolute atomic E-state index is 0. The first-order chi connectivity index (χ1) is 10.1. The number of carbonyl (C=O) groups excluding carboxylic acids is 1. The number of hydrogen-bond donors (Lipinski definition) is 0. The minimum Gasteiger partial charge on any atom is -0.549 e. The second kappa shape index (κ2) is 7.76. The fraction of sp³-hybridized carbons (Fsp3) is 0.125. The maximum atomic E-state index is 10.7. The fourth-order valence-electron chi connectivity index (χ4n) is 2.17. The quantitative estimate of drug-likeness (QED) is 0.538. The van der Waals surface area contributed by atoms with Gasteiger partial charge in [-0.05, 0) is 31.2 Å². The smallest absolute Gasteiger partial charge is 0.174 e. The molecule has 0 saturated heterocycles. The molecule has 0 amide bonds. The largest absolute Gasteiger partial charge is 0.549 e. The van der Waals surface area contributed by atoms with Crippen LogP contribution < -0.4 is 5.11 Å². The number of carboxylic acid groups (broad SMARTS) is 1. The van der Waals surface area contributed by atoms with Crippen molar-refractivity contribution in [2.45, 2.75) is 12.1 Å². The Bertz CT molecular complexity index is 800. The van der Waals surface area contributed by atoms with Crippen molar-refractivity contribution < 1.29 is 9.90 Å². The first-order valence-electron chi connectivity index (χ1n) is 6.52. The number of hydrogen-bond acceptors (Lipinski definition) is 4. The maximum absolute atomic E-state index is 10.7. The Kier molecular flexibility index (Phi) is 6.25. The molecule has 0 bridgehead atoms. The second-order valence-corrected chi connectivity index (χ2v) is 5.66. The molecule has 0 N–H and O–H groups in total. The Labute approximate surface area is 175 Å². The van der Waals surface area contributed by atoms with Gasteiger partial charge in [-0.15, -0.1) is 0 Å². The summed E-state index contributed by atoms with van der Waals surface area (Å²) in [5.41, 5.74) is 3.95. The molecule has 0 aliphatic carbocycles. The van der Waals surface area contributed by atoms with E-state index in [1.54, 1.807) is 0 Å². The minimum atomic E-state index is -1.09. The summed E-state index contributed by atoms with van der Waals surface area (Å²) in [4.78, 5) is 15.2. The summed E-state index contributed by atoms with van der Waals surface area (Å²) in [5.74, 6) is -1.21. The van der Waals surface area contributed by atoms with Crippen LogP contribution in [0.15, 0.2) is 53.7 Å². The molecule has 0 saturated carbocycles. The Morgan fingerprint density at radius 3 is 2.55 bits per heavy atom. The summed E-state index contributed by atoms with van der Waals surface area (Å²) in [5, 5.41) is 11.4. The molecule has 6 heteroatoms. The van der Waals surface area contributed by atoms with Gasteiger partial charge < -0.3 is 9.90 Å². The Balaban J connectivity index is 0.00000176. The van der Waals surface area contributed by atoms with Crippen molar-refractivity contribution >= 4 is 80.1 Å². The van der Waals surface area contributed by atoms with Crippen LogP contribution in [0.25, 0.3) is 16.7 Å². The van der Waals surface area contributed by atoms with Crippen LogP contribution in [0.1, 0.15) is 5.56 Å². The summed E-state index contributed by atoms with van der Waals surface area (Å²) in [6.45, 7) is 2.03. The molecule has 3 aromatic rings. The van der Waals surface area contributed by atoms with Gasteiger partial charge in [-0.25, -0.2) is 4.98 Å². The van der Waals surface area contributed by atoms with Gasteiger partial charge >= 0.3 is 0 Å². The average Bonchev–Trinajstić information content (AvgIpc) is 2.84. The van der Waals surface area contributed by atoms with E-state index in [0.717, 1.165) is 16.7 Å². The number of para-hydroxylation sites is 2. The Morgan fingerprint density at radius 2 is 1.86 bits per heavy atom. The molecule has 0 fully saturated rings. The molecule has 4 nitrogen and oxygen atoms in total. The molecule has 1 aromatic heterocycles. The molecule has 0 aliphatic rings. The summed E-state index contributed by atoms with van der Waals surface area (Å²) < 4.78 is 1.97. The van der Waals surface area contributed by atoms with Gasteiger partial charge in [0.25, 0.3) is 0 Å². The van der Waals surface area contributed by atoms with Gasteiger partial charge in [0.1, 0.15) is 0 Å². The molecule has 2 aromatic carbocycles. The van der Waals surface area contributed by atoms with Crippen molar-refractivity contribution in [1.29, 1.82) is 0 Å². The summed E-state index contributed by atoms with van der Waals surface area (Å²) in [6.07, 6.45) is 0. The zero-order valence-corrected chi connectivity index (χ0v) is 16.4. The number of aliphatic carboxylic acids is 1.